The summed E-state index contributed by atoms with van der Waals surface area (Å²) >= 11 is 0. The van der Waals surface area contributed by atoms with Gasteiger partial charge in [-0.2, -0.15) is 4.98 Å². The van der Waals surface area contributed by atoms with E-state index in [9.17, 15) is 13.2 Å². The number of ether oxygens (including phenoxy) is 2. The number of rotatable bonds is 8. The molecule has 37 heavy (non-hydrogen) atoms. The van der Waals surface area contributed by atoms with Gasteiger partial charge in [-0.3, -0.25) is 4.90 Å². The number of fused-ring (bicyclic) bond motifs is 2. The van der Waals surface area contributed by atoms with Crippen molar-refractivity contribution in [3.8, 4) is 17.0 Å². The molecule has 2 atom stereocenters. The molecule has 2 saturated heterocycles. The highest BCUT2D eigenvalue weighted by molar-refractivity contribution is 5.89. The first-order valence-electron chi connectivity index (χ1n) is 12.3. The number of likely N-dealkylation sites (tertiary alicyclic amines) is 1. The second-order valence-electron chi connectivity index (χ2n) is 9.40. The van der Waals surface area contributed by atoms with Gasteiger partial charge < -0.3 is 14.8 Å². The van der Waals surface area contributed by atoms with Crippen molar-refractivity contribution in [1.82, 2.24) is 34.5 Å². The normalized spacial score (nSPS) is 21.1. The van der Waals surface area contributed by atoms with Crippen molar-refractivity contribution < 1.29 is 22.6 Å². The molecule has 2 aliphatic heterocycles. The Hall–Kier alpha value is -3.45. The van der Waals surface area contributed by atoms with Crippen molar-refractivity contribution >= 4 is 22.5 Å². The summed E-state index contributed by atoms with van der Waals surface area (Å²) in [6.45, 7) is 2.53. The van der Waals surface area contributed by atoms with E-state index in [2.05, 4.69) is 30.6 Å². The largest absolute Gasteiger partial charge is 0.479 e. The standard InChI is InChI=1S/C24H27F3N8O2/c1-36-23-22-16(14-2-3-19-20(10-14)34(32-30-19)9-6-21(26)27)4-8-35(22)31-24(29-23)28-18-5-7-33(11-17(18)25)15-12-37-13-15/h2-4,8,10,15,17-18,21H,5-7,9,11-13H2,1H3,(H,28,31)/t17-,18-/m1/s1. The van der Waals surface area contributed by atoms with E-state index in [1.807, 2.05) is 18.2 Å². The topological polar surface area (TPSA) is 94.6 Å². The second kappa shape index (κ2) is 9.78. The van der Waals surface area contributed by atoms with Crippen molar-refractivity contribution in [2.45, 2.75) is 44.1 Å². The molecule has 13 heteroatoms. The summed E-state index contributed by atoms with van der Waals surface area (Å²) < 4.78 is 54.4. The number of aromatic nitrogens is 6. The third-order valence-corrected chi connectivity index (χ3v) is 7.08. The molecule has 0 amide bonds. The quantitative estimate of drug-likeness (QED) is 0.382. The average molecular weight is 517 g/mol. The highest BCUT2D eigenvalue weighted by Gasteiger charge is 2.35. The molecule has 4 aromatic rings. The Morgan fingerprint density at radius 1 is 1.24 bits per heavy atom. The molecular formula is C24H27F3N8O2. The first-order chi connectivity index (χ1) is 18.0. The molecule has 5 heterocycles. The smallest absolute Gasteiger partial charge is 0.244 e. The average Bonchev–Trinajstić information content (AvgIpc) is 3.46. The van der Waals surface area contributed by atoms with Gasteiger partial charge in [0.25, 0.3) is 0 Å². The lowest BCUT2D eigenvalue weighted by atomic mass is 10.0. The summed E-state index contributed by atoms with van der Waals surface area (Å²) in [5.74, 6) is 0.616. The molecule has 0 spiro atoms. The number of benzene rings is 1. The zero-order valence-electron chi connectivity index (χ0n) is 20.2. The van der Waals surface area contributed by atoms with E-state index in [0.717, 1.165) is 17.7 Å². The fourth-order valence-corrected chi connectivity index (χ4v) is 4.97. The van der Waals surface area contributed by atoms with Crippen LogP contribution in [0.25, 0.3) is 27.7 Å². The highest BCUT2D eigenvalue weighted by atomic mass is 19.3. The number of nitrogens with one attached hydrogen (secondary N) is 1. The molecule has 2 fully saturated rings. The van der Waals surface area contributed by atoms with Crippen molar-refractivity contribution in [2.24, 2.45) is 0 Å². The van der Waals surface area contributed by atoms with Crippen LogP contribution in [-0.2, 0) is 11.3 Å². The van der Waals surface area contributed by atoms with E-state index < -0.39 is 18.6 Å². The molecule has 2 aliphatic rings. The minimum atomic E-state index is -2.42. The van der Waals surface area contributed by atoms with Gasteiger partial charge in [0.1, 0.15) is 17.2 Å². The molecule has 3 aromatic heterocycles. The van der Waals surface area contributed by atoms with E-state index in [4.69, 9.17) is 9.47 Å². The van der Waals surface area contributed by atoms with E-state index in [1.165, 1.54) is 11.8 Å². The molecule has 196 valence electrons. The monoisotopic (exact) mass is 516 g/mol. The maximum Gasteiger partial charge on any atom is 0.244 e. The fraction of sp³-hybridized carbons (Fsp3) is 0.500. The first kappa shape index (κ1) is 23.9. The van der Waals surface area contributed by atoms with Gasteiger partial charge in [-0.25, -0.2) is 22.4 Å². The number of aryl methyl sites for hydroxylation is 1. The molecule has 0 unspecified atom stereocenters. The van der Waals surface area contributed by atoms with Gasteiger partial charge in [0, 0.05) is 37.8 Å². The van der Waals surface area contributed by atoms with Gasteiger partial charge in [-0.05, 0) is 30.2 Å². The first-order valence-corrected chi connectivity index (χ1v) is 12.3. The lowest BCUT2D eigenvalue weighted by Crippen LogP contribution is -2.57. The minimum absolute atomic E-state index is 0.0680. The maximum absolute atomic E-state index is 15.0. The van der Waals surface area contributed by atoms with Crippen LogP contribution < -0.4 is 10.1 Å². The molecule has 0 aliphatic carbocycles. The maximum atomic E-state index is 15.0. The number of methoxy groups -OCH3 is 1. The zero-order chi connectivity index (χ0) is 25.5. The summed E-state index contributed by atoms with van der Waals surface area (Å²) in [5.41, 5.74) is 3.52. The summed E-state index contributed by atoms with van der Waals surface area (Å²) in [7, 11) is 1.52. The Bertz CT molecular complexity index is 1410. The Labute approximate surface area is 210 Å². The van der Waals surface area contributed by atoms with Crippen LogP contribution in [0.5, 0.6) is 5.88 Å². The van der Waals surface area contributed by atoms with Crippen molar-refractivity contribution in [3.05, 3.63) is 30.5 Å². The Morgan fingerprint density at radius 2 is 2.11 bits per heavy atom. The van der Waals surface area contributed by atoms with Crippen molar-refractivity contribution in [3.63, 3.8) is 0 Å². The molecular weight excluding hydrogens is 489 g/mol. The van der Waals surface area contributed by atoms with Crippen LogP contribution >= 0.6 is 0 Å². The number of piperidine rings is 1. The highest BCUT2D eigenvalue weighted by Crippen LogP contribution is 2.33. The number of hydrogen-bond donors (Lipinski definition) is 1. The summed E-state index contributed by atoms with van der Waals surface area (Å²) in [4.78, 5) is 6.67. The van der Waals surface area contributed by atoms with E-state index >= 15 is 0 Å². The third kappa shape index (κ3) is 4.57. The number of hydrogen-bond acceptors (Lipinski definition) is 8. The number of halogens is 3. The lowest BCUT2D eigenvalue weighted by Gasteiger charge is -2.42. The summed E-state index contributed by atoms with van der Waals surface area (Å²) in [5, 5.41) is 15.8. The van der Waals surface area contributed by atoms with Crippen LogP contribution in [0.2, 0.25) is 0 Å². The van der Waals surface area contributed by atoms with Gasteiger partial charge in [0.05, 0.1) is 37.9 Å². The van der Waals surface area contributed by atoms with Crippen LogP contribution in [0, 0.1) is 0 Å². The predicted molar refractivity (Wildman–Crippen MR) is 130 cm³/mol. The number of anilines is 1. The Kier molecular flexibility index (Phi) is 6.32. The van der Waals surface area contributed by atoms with Crippen LogP contribution in [0.15, 0.2) is 30.5 Å². The van der Waals surface area contributed by atoms with Crippen LogP contribution in [-0.4, -0.2) is 92.6 Å². The molecule has 1 aromatic carbocycles. The minimum Gasteiger partial charge on any atom is -0.479 e. The molecule has 1 N–H and O–H groups in total. The SMILES string of the molecule is COc1nc(N[C@@H]2CCN(C3COC3)C[C@H]2F)nn2ccc(-c3ccc4nnn(CCC(F)F)c4c3)c12. The van der Waals surface area contributed by atoms with Crippen molar-refractivity contribution in [1.29, 1.82) is 0 Å². The molecule has 10 nitrogen and oxygen atoms in total. The van der Waals surface area contributed by atoms with Crippen LogP contribution in [0.3, 0.4) is 0 Å². The Morgan fingerprint density at radius 3 is 2.84 bits per heavy atom. The second-order valence-corrected chi connectivity index (χ2v) is 9.40. The van der Waals surface area contributed by atoms with Gasteiger partial charge in [-0.15, -0.1) is 10.2 Å². The summed E-state index contributed by atoms with van der Waals surface area (Å²) in [6.07, 6.45) is -1.37. The lowest BCUT2D eigenvalue weighted by molar-refractivity contribution is -0.0794. The van der Waals surface area contributed by atoms with Gasteiger partial charge in [0.2, 0.25) is 18.3 Å². The van der Waals surface area contributed by atoms with E-state index in [0.29, 0.717) is 54.7 Å². The third-order valence-electron chi connectivity index (χ3n) is 7.08. The molecule has 0 bridgehead atoms. The zero-order valence-corrected chi connectivity index (χ0v) is 20.2. The fourth-order valence-electron chi connectivity index (χ4n) is 4.97. The van der Waals surface area contributed by atoms with Gasteiger partial charge >= 0.3 is 0 Å². The number of alkyl halides is 3. The van der Waals surface area contributed by atoms with Gasteiger partial charge in [-0.1, -0.05) is 11.3 Å². The number of nitrogens with zero attached hydrogens (tertiary/aromatic N) is 7. The molecule has 6 rings (SSSR count). The van der Waals surface area contributed by atoms with E-state index in [-0.39, 0.29) is 18.9 Å². The Balaban J connectivity index is 1.26. The predicted octanol–water partition coefficient (Wildman–Crippen LogP) is 3.03. The van der Waals surface area contributed by atoms with Crippen LogP contribution in [0.4, 0.5) is 19.1 Å². The van der Waals surface area contributed by atoms with Gasteiger partial charge in [0.15, 0.2) is 0 Å². The molecule has 0 saturated carbocycles. The summed E-state index contributed by atoms with van der Waals surface area (Å²) in [6, 6.07) is 7.32. The van der Waals surface area contributed by atoms with Crippen molar-refractivity contribution in [2.75, 3.05) is 38.7 Å². The molecule has 0 radical (unpaired) electrons. The van der Waals surface area contributed by atoms with E-state index in [1.54, 1.807) is 16.8 Å². The van der Waals surface area contributed by atoms with Crippen LogP contribution in [0.1, 0.15) is 12.8 Å².